The highest BCUT2D eigenvalue weighted by Gasteiger charge is 2.24. The summed E-state index contributed by atoms with van der Waals surface area (Å²) >= 11 is 0. The highest BCUT2D eigenvalue weighted by atomic mass is 16.5. The van der Waals surface area contributed by atoms with Crippen molar-refractivity contribution in [2.75, 3.05) is 6.61 Å². The van der Waals surface area contributed by atoms with Crippen LogP contribution in [0.3, 0.4) is 0 Å². The number of aliphatic hydroxyl groups is 2. The van der Waals surface area contributed by atoms with Gasteiger partial charge in [-0.15, -0.1) is 0 Å². The molecule has 60 heavy (non-hydrogen) atoms. The Morgan fingerprint density at radius 1 is 0.517 bits per heavy atom. The maximum absolute atomic E-state index is 13.2. The molecule has 0 spiro atoms. The molecule has 0 saturated carbocycles. The molecule has 0 aromatic heterocycles. The minimum Gasteiger partial charge on any atom is -0.462 e. The molecule has 0 aliphatic rings. The normalized spacial score (nSPS) is 14.2. The Hall–Kier alpha value is -3.22. The molecule has 6 heteroatoms. The molecule has 0 aromatic rings. The van der Waals surface area contributed by atoms with Crippen molar-refractivity contribution in [1.29, 1.82) is 0 Å². The standard InChI is InChI=1S/C54H91NO5/c1-4-7-10-13-16-19-22-25-26-27-29-31-34-37-40-43-46-52(57)51(49-56)55-53(58)48-50(45-42-39-36-33-30-24-21-18-15-12-9-6-3)60-54(59)47-44-41-38-35-32-28-23-20-17-14-11-8-5-2/h8-9,11-12,14,17-18,20-21,23,28,30,32-33,35,38,50-52,56-57H,4-7,10,13,15-16,19,22,24-27,29,31,34,36-37,39-49H2,1-3H3,(H,55,58)/b11-8+,12-9+,17-14+,21-18+,23-20-,32-28-,33-30+,38-35+. The fourth-order valence-electron chi connectivity index (χ4n) is 6.89. The Morgan fingerprint density at radius 3 is 1.53 bits per heavy atom. The van der Waals surface area contributed by atoms with Crippen LogP contribution >= 0.6 is 0 Å². The van der Waals surface area contributed by atoms with Crippen LogP contribution in [0.2, 0.25) is 0 Å². The van der Waals surface area contributed by atoms with E-state index in [0.717, 1.165) is 70.6 Å². The van der Waals surface area contributed by atoms with Gasteiger partial charge in [0.1, 0.15) is 6.10 Å². The molecule has 0 aromatic carbocycles. The van der Waals surface area contributed by atoms with Crippen molar-refractivity contribution >= 4 is 11.9 Å². The van der Waals surface area contributed by atoms with Gasteiger partial charge in [-0.3, -0.25) is 9.59 Å². The summed E-state index contributed by atoms with van der Waals surface area (Å²) in [4.78, 5) is 26.0. The zero-order valence-corrected chi connectivity index (χ0v) is 38.8. The van der Waals surface area contributed by atoms with Gasteiger partial charge in [0.25, 0.3) is 0 Å². The highest BCUT2D eigenvalue weighted by Crippen LogP contribution is 2.17. The van der Waals surface area contributed by atoms with E-state index in [1.54, 1.807) is 0 Å². The van der Waals surface area contributed by atoms with Gasteiger partial charge in [-0.05, 0) is 70.6 Å². The highest BCUT2D eigenvalue weighted by molar-refractivity contribution is 5.77. The van der Waals surface area contributed by atoms with Crippen LogP contribution in [0.5, 0.6) is 0 Å². The Labute approximate surface area is 369 Å². The van der Waals surface area contributed by atoms with Gasteiger partial charge in [0.05, 0.1) is 25.2 Å². The van der Waals surface area contributed by atoms with E-state index >= 15 is 0 Å². The number of nitrogens with one attached hydrogen (secondary N) is 1. The number of allylic oxidation sites excluding steroid dienone is 16. The molecular weight excluding hydrogens is 743 g/mol. The molecule has 6 nitrogen and oxygen atoms in total. The van der Waals surface area contributed by atoms with Gasteiger partial charge in [0.2, 0.25) is 5.91 Å². The topological polar surface area (TPSA) is 95.9 Å². The molecule has 3 atom stereocenters. The summed E-state index contributed by atoms with van der Waals surface area (Å²) in [5.41, 5.74) is 0. The second kappa shape index (κ2) is 46.8. The van der Waals surface area contributed by atoms with Gasteiger partial charge >= 0.3 is 5.97 Å². The number of hydrogen-bond acceptors (Lipinski definition) is 5. The summed E-state index contributed by atoms with van der Waals surface area (Å²) in [6.45, 7) is 6.18. The average Bonchev–Trinajstić information content (AvgIpc) is 3.24. The van der Waals surface area contributed by atoms with Crippen molar-refractivity contribution in [2.24, 2.45) is 0 Å². The lowest BCUT2D eigenvalue weighted by Gasteiger charge is -2.24. The summed E-state index contributed by atoms with van der Waals surface area (Å²) in [5, 5.41) is 23.7. The first-order valence-electron chi connectivity index (χ1n) is 24.5. The molecule has 1 amide bonds. The molecule has 3 unspecified atom stereocenters. The summed E-state index contributed by atoms with van der Waals surface area (Å²) in [7, 11) is 0. The van der Waals surface area contributed by atoms with Crippen molar-refractivity contribution in [1.82, 2.24) is 5.32 Å². The Kier molecular flexibility index (Phi) is 44.3. The molecule has 0 aliphatic carbocycles. The molecule has 0 rings (SSSR count). The monoisotopic (exact) mass is 834 g/mol. The van der Waals surface area contributed by atoms with Crippen molar-refractivity contribution < 1.29 is 24.5 Å². The van der Waals surface area contributed by atoms with Crippen molar-refractivity contribution in [2.45, 2.75) is 225 Å². The first-order valence-corrected chi connectivity index (χ1v) is 24.5. The van der Waals surface area contributed by atoms with Crippen LogP contribution in [0.15, 0.2) is 97.2 Å². The lowest BCUT2D eigenvalue weighted by molar-refractivity contribution is -0.151. The minimum atomic E-state index is -0.815. The molecule has 0 bridgehead atoms. The number of esters is 1. The second-order valence-electron chi connectivity index (χ2n) is 16.2. The molecular formula is C54H91NO5. The van der Waals surface area contributed by atoms with Crippen LogP contribution in [0, 0.1) is 0 Å². The summed E-state index contributed by atoms with van der Waals surface area (Å²) in [5.74, 6) is -0.610. The number of unbranched alkanes of at least 4 members (excludes halogenated alkanes) is 18. The van der Waals surface area contributed by atoms with Crippen LogP contribution in [0.4, 0.5) is 0 Å². The third-order valence-corrected chi connectivity index (χ3v) is 10.5. The largest absolute Gasteiger partial charge is 0.462 e. The van der Waals surface area contributed by atoms with E-state index in [9.17, 15) is 19.8 Å². The molecule has 3 N–H and O–H groups in total. The van der Waals surface area contributed by atoms with Gasteiger partial charge in [-0.25, -0.2) is 0 Å². The second-order valence-corrected chi connectivity index (χ2v) is 16.2. The van der Waals surface area contributed by atoms with Gasteiger partial charge in [-0.2, -0.15) is 0 Å². The van der Waals surface area contributed by atoms with Crippen molar-refractivity contribution in [3.8, 4) is 0 Å². The van der Waals surface area contributed by atoms with Crippen LogP contribution in [0.25, 0.3) is 0 Å². The van der Waals surface area contributed by atoms with E-state index < -0.39 is 18.2 Å². The first kappa shape index (κ1) is 56.8. The third kappa shape index (κ3) is 41.5. The average molecular weight is 834 g/mol. The Balaban J connectivity index is 4.68. The zero-order chi connectivity index (χ0) is 43.8. The summed E-state index contributed by atoms with van der Waals surface area (Å²) in [6.07, 6.45) is 61.9. The van der Waals surface area contributed by atoms with Gasteiger partial charge in [-0.1, -0.05) is 221 Å². The van der Waals surface area contributed by atoms with E-state index in [0.29, 0.717) is 19.3 Å². The van der Waals surface area contributed by atoms with Crippen LogP contribution < -0.4 is 5.32 Å². The Morgan fingerprint density at radius 2 is 0.983 bits per heavy atom. The van der Waals surface area contributed by atoms with E-state index in [4.69, 9.17) is 4.74 Å². The van der Waals surface area contributed by atoms with E-state index in [-0.39, 0.29) is 31.3 Å². The SMILES string of the molecule is CC/C=C/C=C/C=C\C=C/C=C/CCCC(=O)OC(CCCC/C=C/C/C=C/C/C=C/CC)CC(=O)NC(CO)C(O)CCCCCCCCCCCCCCCCCC. The molecule has 0 saturated heterocycles. The van der Waals surface area contributed by atoms with E-state index in [1.807, 2.05) is 54.7 Å². The van der Waals surface area contributed by atoms with Crippen LogP contribution in [-0.4, -0.2) is 46.9 Å². The Bertz CT molecular complexity index is 1210. The van der Waals surface area contributed by atoms with Gasteiger partial charge in [0.15, 0.2) is 0 Å². The zero-order valence-electron chi connectivity index (χ0n) is 38.8. The summed E-state index contributed by atoms with van der Waals surface area (Å²) < 4.78 is 5.85. The maximum Gasteiger partial charge on any atom is 0.306 e. The number of carbonyl (C=O) groups excluding carboxylic acids is 2. The van der Waals surface area contributed by atoms with Crippen molar-refractivity contribution in [3.05, 3.63) is 97.2 Å². The maximum atomic E-state index is 13.2. The first-order chi connectivity index (χ1) is 29.5. The van der Waals surface area contributed by atoms with E-state index in [2.05, 4.69) is 68.6 Å². The number of ether oxygens (including phenoxy) is 1. The summed E-state index contributed by atoms with van der Waals surface area (Å²) in [6, 6.07) is -0.734. The molecule has 0 radical (unpaired) electrons. The number of carbonyl (C=O) groups is 2. The van der Waals surface area contributed by atoms with Crippen LogP contribution in [0.1, 0.15) is 207 Å². The fourth-order valence-corrected chi connectivity index (χ4v) is 6.89. The molecule has 342 valence electrons. The van der Waals surface area contributed by atoms with Crippen molar-refractivity contribution in [3.63, 3.8) is 0 Å². The lowest BCUT2D eigenvalue weighted by Crippen LogP contribution is -2.46. The van der Waals surface area contributed by atoms with Gasteiger partial charge in [0, 0.05) is 6.42 Å². The predicted octanol–water partition coefficient (Wildman–Crippen LogP) is 14.6. The van der Waals surface area contributed by atoms with E-state index in [1.165, 1.54) is 83.5 Å². The third-order valence-electron chi connectivity index (χ3n) is 10.5. The fraction of sp³-hybridized carbons (Fsp3) is 0.667. The smallest absolute Gasteiger partial charge is 0.306 e. The van der Waals surface area contributed by atoms with Gasteiger partial charge < -0.3 is 20.3 Å². The predicted molar refractivity (Wildman–Crippen MR) is 259 cm³/mol. The molecule has 0 aliphatic heterocycles. The number of rotatable bonds is 42. The quantitative estimate of drug-likeness (QED) is 0.0246. The number of amides is 1. The lowest BCUT2D eigenvalue weighted by atomic mass is 10.0. The molecule has 0 heterocycles. The molecule has 0 fully saturated rings. The minimum absolute atomic E-state index is 0.0173. The number of aliphatic hydroxyl groups excluding tert-OH is 2. The number of hydrogen-bond donors (Lipinski definition) is 3. The van der Waals surface area contributed by atoms with Crippen LogP contribution in [-0.2, 0) is 14.3 Å².